The number of carbonyl (C=O) groups is 1. The first-order valence-corrected chi connectivity index (χ1v) is 10.8. The Kier molecular flexibility index (Phi) is 6.61. The number of carbonyl (C=O) groups excluding carboxylic acids is 1. The van der Waals surface area contributed by atoms with Crippen LogP contribution in [0.25, 0.3) is 11.4 Å². The maximum Gasteiger partial charge on any atom is 0.226 e. The van der Waals surface area contributed by atoms with Crippen LogP contribution in [0.15, 0.2) is 24.5 Å². The Labute approximate surface area is 201 Å². The Morgan fingerprint density at radius 1 is 1.11 bits per heavy atom. The van der Waals surface area contributed by atoms with Gasteiger partial charge in [0.05, 0.1) is 33.8 Å². The van der Waals surface area contributed by atoms with Crippen molar-refractivity contribution >= 4 is 27.5 Å². The van der Waals surface area contributed by atoms with Crippen LogP contribution < -0.4 is 10.2 Å². The minimum atomic E-state index is -2.32. The number of rotatable bonds is 5. The van der Waals surface area contributed by atoms with Gasteiger partial charge in [-0.2, -0.15) is 5.10 Å². The van der Waals surface area contributed by atoms with Gasteiger partial charge in [-0.15, -0.1) is 0 Å². The van der Waals surface area contributed by atoms with Crippen LogP contribution in [0.2, 0.25) is 0 Å². The number of nitrogens with zero attached hydrogens (tertiary/aromatic N) is 5. The minimum absolute atomic E-state index is 0.118. The monoisotopic (exact) mass is 482 g/mol. The van der Waals surface area contributed by atoms with Gasteiger partial charge in [0.15, 0.2) is 17.5 Å². The number of aromatic nitrogens is 4. The number of piperidine rings is 1. The summed E-state index contributed by atoms with van der Waals surface area (Å²) in [6.45, 7) is 2.52. The van der Waals surface area contributed by atoms with Gasteiger partial charge in [0.25, 0.3) is 0 Å². The third kappa shape index (κ3) is 4.89. The summed E-state index contributed by atoms with van der Waals surface area (Å²) in [6, 6.07) is 0.986. The minimum Gasteiger partial charge on any atom is -0.363 e. The number of benzene rings is 1. The van der Waals surface area contributed by atoms with Crippen molar-refractivity contribution in [3.63, 3.8) is 0 Å². The van der Waals surface area contributed by atoms with Crippen molar-refractivity contribution in [1.82, 2.24) is 25.1 Å². The lowest BCUT2D eigenvalue weighted by molar-refractivity contribution is -0.126. The number of hydrogen-bond donors (Lipinski definition) is 1. The van der Waals surface area contributed by atoms with Crippen molar-refractivity contribution in [2.45, 2.75) is 25.1 Å². The van der Waals surface area contributed by atoms with E-state index >= 15 is 0 Å². The fourth-order valence-corrected chi connectivity index (χ4v) is 4.14. The first kappa shape index (κ1) is 24.7. The summed E-state index contributed by atoms with van der Waals surface area (Å²) in [5.74, 6) is -5.43. The highest BCUT2D eigenvalue weighted by Crippen LogP contribution is 2.28. The second-order valence-electron chi connectivity index (χ2n) is 8.54. The standard InChI is InChI=1S/C22H20B2F4N6O/c1-11-9-30-33(2)19(11)18-16(27)10-29-21(31-18)34-5-3-12(4-6-34)20(35)32-22(23,24)14-7-13(25)8-15(26)17(14)28/h7-10,12H,3-6H2,1-2H3,(H,32,35). The average Bonchev–Trinajstić information content (AvgIpc) is 3.14. The van der Waals surface area contributed by atoms with Crippen molar-refractivity contribution < 1.29 is 22.4 Å². The van der Waals surface area contributed by atoms with Crippen LogP contribution in [0, 0.1) is 36.1 Å². The molecule has 0 spiro atoms. The molecule has 4 rings (SSSR count). The van der Waals surface area contributed by atoms with E-state index in [1.54, 1.807) is 25.1 Å². The van der Waals surface area contributed by atoms with Crippen LogP contribution in [-0.4, -0.2) is 54.4 Å². The lowest BCUT2D eigenvalue weighted by Gasteiger charge is -2.35. The largest absolute Gasteiger partial charge is 0.363 e. The quantitative estimate of drug-likeness (QED) is 0.343. The van der Waals surface area contributed by atoms with Crippen LogP contribution in [0.4, 0.5) is 23.5 Å². The molecule has 178 valence electrons. The van der Waals surface area contributed by atoms with Crippen molar-refractivity contribution in [3.05, 3.63) is 58.9 Å². The van der Waals surface area contributed by atoms with Crippen LogP contribution >= 0.6 is 0 Å². The molecule has 1 aliphatic heterocycles. The van der Waals surface area contributed by atoms with E-state index in [2.05, 4.69) is 20.4 Å². The third-order valence-electron chi connectivity index (χ3n) is 5.99. The maximum absolute atomic E-state index is 14.5. The van der Waals surface area contributed by atoms with E-state index in [0.717, 1.165) is 11.8 Å². The zero-order valence-electron chi connectivity index (χ0n) is 19.0. The SMILES string of the molecule is [B]C([B])(NC(=O)C1CCN(c2ncc(F)c(-c3c(C)cnn3C)n2)CC1)c1cc(F)cc(F)c1F. The van der Waals surface area contributed by atoms with Gasteiger partial charge in [-0.1, -0.05) is 0 Å². The number of anilines is 1. The number of nitrogens with one attached hydrogen (secondary N) is 1. The molecule has 35 heavy (non-hydrogen) atoms. The Hall–Kier alpha value is -3.37. The lowest BCUT2D eigenvalue weighted by Crippen LogP contribution is -2.51. The summed E-state index contributed by atoms with van der Waals surface area (Å²) in [4.78, 5) is 23.0. The molecule has 1 N–H and O–H groups in total. The van der Waals surface area contributed by atoms with E-state index in [1.807, 2.05) is 0 Å². The number of hydrogen-bond acceptors (Lipinski definition) is 5. The molecule has 1 saturated heterocycles. The first-order chi connectivity index (χ1) is 16.5. The summed E-state index contributed by atoms with van der Waals surface area (Å²) >= 11 is 0. The molecule has 13 heteroatoms. The zero-order valence-corrected chi connectivity index (χ0v) is 19.0. The Balaban J connectivity index is 1.45. The maximum atomic E-state index is 14.5. The molecule has 0 atom stereocenters. The second-order valence-corrected chi connectivity index (χ2v) is 8.54. The third-order valence-corrected chi connectivity index (χ3v) is 5.99. The molecule has 0 aliphatic carbocycles. The van der Waals surface area contributed by atoms with Gasteiger partial charge in [0.1, 0.15) is 11.5 Å². The molecule has 1 amide bonds. The fraction of sp³-hybridized carbons (Fsp3) is 0.364. The molecular formula is C22H20B2F4N6O. The highest BCUT2D eigenvalue weighted by atomic mass is 19.2. The van der Waals surface area contributed by atoms with Crippen LogP contribution in [0.3, 0.4) is 0 Å². The Morgan fingerprint density at radius 2 is 1.80 bits per heavy atom. The van der Waals surface area contributed by atoms with Crippen molar-refractivity contribution in [2.24, 2.45) is 13.0 Å². The van der Waals surface area contributed by atoms with Gasteiger partial charge in [0, 0.05) is 37.7 Å². The topological polar surface area (TPSA) is 75.9 Å². The zero-order chi connectivity index (χ0) is 25.5. The van der Waals surface area contributed by atoms with Crippen molar-refractivity contribution in [3.8, 4) is 11.4 Å². The average molecular weight is 482 g/mol. The van der Waals surface area contributed by atoms with Gasteiger partial charge in [-0.05, 0) is 36.7 Å². The molecule has 1 fully saturated rings. The Bertz CT molecular complexity index is 1260. The van der Waals surface area contributed by atoms with E-state index in [0.29, 0.717) is 49.7 Å². The number of amides is 1. The van der Waals surface area contributed by atoms with E-state index < -0.39 is 46.0 Å². The summed E-state index contributed by atoms with van der Waals surface area (Å²) in [5.41, 5.74) is 0.697. The molecule has 0 bridgehead atoms. The lowest BCUT2D eigenvalue weighted by atomic mass is 9.57. The van der Waals surface area contributed by atoms with E-state index in [4.69, 9.17) is 15.7 Å². The fourth-order valence-electron chi connectivity index (χ4n) is 4.14. The van der Waals surface area contributed by atoms with Gasteiger partial charge in [-0.25, -0.2) is 27.5 Å². The molecule has 3 aromatic rings. The summed E-state index contributed by atoms with van der Waals surface area (Å²) in [7, 11) is 13.3. The molecule has 1 aliphatic rings. The highest BCUT2D eigenvalue weighted by molar-refractivity contribution is 6.40. The highest BCUT2D eigenvalue weighted by Gasteiger charge is 2.32. The van der Waals surface area contributed by atoms with Crippen molar-refractivity contribution in [1.29, 1.82) is 0 Å². The van der Waals surface area contributed by atoms with Crippen LogP contribution in [0.5, 0.6) is 0 Å². The molecule has 0 saturated carbocycles. The number of aryl methyl sites for hydroxylation is 2. The van der Waals surface area contributed by atoms with Gasteiger partial charge >= 0.3 is 0 Å². The summed E-state index contributed by atoms with van der Waals surface area (Å²) in [6.07, 6.45) is 3.37. The Morgan fingerprint density at radius 3 is 2.43 bits per heavy atom. The van der Waals surface area contributed by atoms with Gasteiger partial charge in [0.2, 0.25) is 11.9 Å². The van der Waals surface area contributed by atoms with E-state index in [1.165, 1.54) is 4.68 Å². The molecule has 4 radical (unpaired) electrons. The number of halogens is 4. The molecule has 0 unspecified atom stereocenters. The van der Waals surface area contributed by atoms with E-state index in [-0.39, 0.29) is 5.69 Å². The molecule has 2 aromatic heterocycles. The van der Waals surface area contributed by atoms with Gasteiger partial charge in [-0.3, -0.25) is 9.48 Å². The molecule has 1 aromatic carbocycles. The summed E-state index contributed by atoms with van der Waals surface area (Å²) in [5, 5.41) is 4.07. The molecular weight excluding hydrogens is 462 g/mol. The predicted molar refractivity (Wildman–Crippen MR) is 122 cm³/mol. The van der Waals surface area contributed by atoms with Crippen LogP contribution in [-0.2, 0) is 17.2 Å². The van der Waals surface area contributed by atoms with Crippen LogP contribution in [0.1, 0.15) is 24.0 Å². The second kappa shape index (κ2) is 9.35. The van der Waals surface area contributed by atoms with E-state index in [9.17, 15) is 22.4 Å². The normalized spacial score (nSPS) is 14.9. The smallest absolute Gasteiger partial charge is 0.226 e. The molecule has 3 heterocycles. The summed E-state index contributed by atoms with van der Waals surface area (Å²) < 4.78 is 57.2. The van der Waals surface area contributed by atoms with Crippen molar-refractivity contribution in [2.75, 3.05) is 18.0 Å². The predicted octanol–water partition coefficient (Wildman–Crippen LogP) is 2.22. The first-order valence-electron chi connectivity index (χ1n) is 10.8. The molecule has 7 nitrogen and oxygen atoms in total. The van der Waals surface area contributed by atoms with Gasteiger partial charge < -0.3 is 10.2 Å².